The minimum absolute atomic E-state index is 0.129. The van der Waals surface area contributed by atoms with Crippen LogP contribution in [-0.2, 0) is 17.8 Å². The summed E-state index contributed by atoms with van der Waals surface area (Å²) in [6.07, 6.45) is 0.433. The number of benzene rings is 2. The van der Waals surface area contributed by atoms with Gasteiger partial charge in [0.15, 0.2) is 6.10 Å². The fourth-order valence-electron chi connectivity index (χ4n) is 2.98. The molecule has 0 fully saturated rings. The van der Waals surface area contributed by atoms with Crippen molar-refractivity contribution in [3.05, 3.63) is 60.0 Å². The number of fused-ring (bicyclic) bond motifs is 1. The van der Waals surface area contributed by atoms with Crippen molar-refractivity contribution < 1.29 is 14.1 Å². The first kappa shape index (κ1) is 16.3. The van der Waals surface area contributed by atoms with Gasteiger partial charge in [0.05, 0.1) is 5.69 Å². The molecule has 2 heterocycles. The SMILES string of the molecule is CCc1ccc(-c2noc(CN3C(=O)[C@@H](C)Oc4ccccc43)n2)cc1. The summed E-state index contributed by atoms with van der Waals surface area (Å²) in [5.41, 5.74) is 2.85. The minimum atomic E-state index is -0.547. The Bertz CT molecular complexity index is 933. The van der Waals surface area contributed by atoms with Crippen LogP contribution in [0, 0.1) is 0 Å². The molecule has 0 radical (unpaired) electrons. The summed E-state index contributed by atoms with van der Waals surface area (Å²) in [5.74, 6) is 1.45. The van der Waals surface area contributed by atoms with Gasteiger partial charge in [-0.15, -0.1) is 0 Å². The molecular formula is C20H19N3O3. The van der Waals surface area contributed by atoms with Crippen LogP contribution in [0.3, 0.4) is 0 Å². The molecule has 3 aromatic rings. The number of aryl methyl sites for hydroxylation is 1. The van der Waals surface area contributed by atoms with E-state index in [2.05, 4.69) is 29.2 Å². The number of hydrogen-bond acceptors (Lipinski definition) is 5. The van der Waals surface area contributed by atoms with E-state index in [1.165, 1.54) is 5.56 Å². The van der Waals surface area contributed by atoms with E-state index < -0.39 is 6.10 Å². The third-order valence-electron chi connectivity index (χ3n) is 4.46. The standard InChI is InChI=1S/C20H19N3O3/c1-3-14-8-10-15(11-9-14)19-21-18(26-22-19)12-23-16-6-4-5-7-17(16)25-13(2)20(23)24/h4-11,13H,3,12H2,1-2H3/t13-/m1/s1. The molecule has 0 bridgehead atoms. The first-order valence-corrected chi connectivity index (χ1v) is 8.64. The number of amides is 1. The quantitative estimate of drug-likeness (QED) is 0.720. The van der Waals surface area contributed by atoms with Crippen LogP contribution in [0.5, 0.6) is 5.75 Å². The summed E-state index contributed by atoms with van der Waals surface area (Å²) >= 11 is 0. The molecular weight excluding hydrogens is 330 g/mol. The summed E-state index contributed by atoms with van der Waals surface area (Å²) < 4.78 is 11.0. The Hall–Kier alpha value is -3.15. The lowest BCUT2D eigenvalue weighted by molar-refractivity contribution is -0.125. The average Bonchev–Trinajstić information content (AvgIpc) is 3.14. The second-order valence-electron chi connectivity index (χ2n) is 6.21. The lowest BCUT2D eigenvalue weighted by atomic mass is 10.1. The molecule has 6 nitrogen and oxygen atoms in total. The normalized spacial score (nSPS) is 16.3. The van der Waals surface area contributed by atoms with Crippen molar-refractivity contribution in [1.29, 1.82) is 0 Å². The highest BCUT2D eigenvalue weighted by atomic mass is 16.5. The summed E-state index contributed by atoms with van der Waals surface area (Å²) in [4.78, 5) is 18.6. The monoisotopic (exact) mass is 349 g/mol. The Balaban J connectivity index is 1.59. The zero-order valence-corrected chi connectivity index (χ0v) is 14.7. The summed E-state index contributed by atoms with van der Waals surface area (Å²) in [6, 6.07) is 15.5. The van der Waals surface area contributed by atoms with Gasteiger partial charge in [-0.05, 0) is 31.0 Å². The lowest BCUT2D eigenvalue weighted by Crippen LogP contribution is -2.44. The van der Waals surface area contributed by atoms with Crippen LogP contribution in [0.1, 0.15) is 25.3 Å². The molecule has 0 saturated carbocycles. The number of carbonyl (C=O) groups is 1. The number of para-hydroxylation sites is 2. The van der Waals surface area contributed by atoms with Gasteiger partial charge < -0.3 is 9.26 Å². The summed E-state index contributed by atoms with van der Waals surface area (Å²) in [6.45, 7) is 4.06. The van der Waals surface area contributed by atoms with Crippen molar-refractivity contribution >= 4 is 11.6 Å². The van der Waals surface area contributed by atoms with E-state index in [4.69, 9.17) is 9.26 Å². The van der Waals surface area contributed by atoms with Gasteiger partial charge in [0.1, 0.15) is 12.3 Å². The maximum absolute atomic E-state index is 12.6. The van der Waals surface area contributed by atoms with E-state index >= 15 is 0 Å². The van der Waals surface area contributed by atoms with E-state index in [-0.39, 0.29) is 12.5 Å². The number of carbonyl (C=O) groups excluding carboxylic acids is 1. The van der Waals surface area contributed by atoms with Gasteiger partial charge in [0.2, 0.25) is 11.7 Å². The van der Waals surface area contributed by atoms with E-state index in [0.717, 1.165) is 12.0 Å². The van der Waals surface area contributed by atoms with E-state index in [0.29, 0.717) is 23.2 Å². The molecule has 4 rings (SSSR count). The van der Waals surface area contributed by atoms with Gasteiger partial charge >= 0.3 is 0 Å². The number of rotatable bonds is 4. The number of hydrogen-bond donors (Lipinski definition) is 0. The third kappa shape index (κ3) is 2.94. The molecule has 1 aliphatic rings. The molecule has 1 atom stereocenters. The van der Waals surface area contributed by atoms with Gasteiger partial charge in [0.25, 0.3) is 5.91 Å². The largest absolute Gasteiger partial charge is 0.479 e. The van der Waals surface area contributed by atoms with Gasteiger partial charge in [-0.2, -0.15) is 4.98 Å². The molecule has 1 amide bonds. The minimum Gasteiger partial charge on any atom is -0.479 e. The van der Waals surface area contributed by atoms with Crippen molar-refractivity contribution in [2.45, 2.75) is 32.9 Å². The van der Waals surface area contributed by atoms with Crippen molar-refractivity contribution in [3.63, 3.8) is 0 Å². The van der Waals surface area contributed by atoms with Gasteiger partial charge in [0, 0.05) is 5.56 Å². The number of nitrogens with zero attached hydrogens (tertiary/aromatic N) is 3. The van der Waals surface area contributed by atoms with E-state index in [1.807, 2.05) is 36.4 Å². The highest BCUT2D eigenvalue weighted by Crippen LogP contribution is 2.34. The highest BCUT2D eigenvalue weighted by molar-refractivity contribution is 5.99. The zero-order valence-electron chi connectivity index (χ0n) is 14.7. The predicted molar refractivity (Wildman–Crippen MR) is 96.8 cm³/mol. The van der Waals surface area contributed by atoms with Crippen LogP contribution in [-0.4, -0.2) is 22.2 Å². The van der Waals surface area contributed by atoms with Crippen molar-refractivity contribution in [3.8, 4) is 17.1 Å². The average molecular weight is 349 g/mol. The van der Waals surface area contributed by atoms with Gasteiger partial charge in [-0.25, -0.2) is 0 Å². The molecule has 132 valence electrons. The molecule has 1 aromatic heterocycles. The highest BCUT2D eigenvalue weighted by Gasteiger charge is 2.32. The second-order valence-corrected chi connectivity index (χ2v) is 6.21. The molecule has 6 heteroatoms. The second kappa shape index (κ2) is 6.63. The van der Waals surface area contributed by atoms with Crippen LogP contribution >= 0.6 is 0 Å². The van der Waals surface area contributed by atoms with Gasteiger partial charge in [-0.3, -0.25) is 9.69 Å². The van der Waals surface area contributed by atoms with Crippen LogP contribution in [0.2, 0.25) is 0 Å². The molecule has 0 unspecified atom stereocenters. The Labute approximate surface area is 151 Å². The number of aromatic nitrogens is 2. The third-order valence-corrected chi connectivity index (χ3v) is 4.46. The molecule has 26 heavy (non-hydrogen) atoms. The zero-order chi connectivity index (χ0) is 18.1. The molecule has 0 N–H and O–H groups in total. The molecule has 1 aliphatic heterocycles. The maximum Gasteiger partial charge on any atom is 0.268 e. The topological polar surface area (TPSA) is 68.5 Å². The summed E-state index contributed by atoms with van der Waals surface area (Å²) in [7, 11) is 0. The Morgan fingerprint density at radius 1 is 1.12 bits per heavy atom. The van der Waals surface area contributed by atoms with Gasteiger partial charge in [-0.1, -0.05) is 48.5 Å². The maximum atomic E-state index is 12.6. The van der Waals surface area contributed by atoms with E-state index in [9.17, 15) is 4.79 Å². The Kier molecular flexibility index (Phi) is 4.16. The lowest BCUT2D eigenvalue weighted by Gasteiger charge is -2.31. The Morgan fingerprint density at radius 2 is 1.88 bits per heavy atom. The van der Waals surface area contributed by atoms with Crippen molar-refractivity contribution in [2.24, 2.45) is 0 Å². The van der Waals surface area contributed by atoms with Crippen LogP contribution in [0.4, 0.5) is 5.69 Å². The predicted octanol–water partition coefficient (Wildman–Crippen LogP) is 3.61. The molecule has 0 aliphatic carbocycles. The smallest absolute Gasteiger partial charge is 0.268 e. The first-order chi connectivity index (χ1) is 12.7. The summed E-state index contributed by atoms with van der Waals surface area (Å²) in [5, 5.41) is 4.05. The first-order valence-electron chi connectivity index (χ1n) is 8.64. The number of anilines is 1. The fraction of sp³-hybridized carbons (Fsp3) is 0.250. The van der Waals surface area contributed by atoms with Crippen molar-refractivity contribution in [2.75, 3.05) is 4.90 Å². The molecule has 0 spiro atoms. The van der Waals surface area contributed by atoms with E-state index in [1.54, 1.807) is 11.8 Å². The Morgan fingerprint density at radius 3 is 2.65 bits per heavy atom. The van der Waals surface area contributed by atoms with Crippen LogP contribution in [0.15, 0.2) is 53.1 Å². The fourth-order valence-corrected chi connectivity index (χ4v) is 2.98. The van der Waals surface area contributed by atoms with Crippen LogP contribution in [0.25, 0.3) is 11.4 Å². The molecule has 2 aromatic carbocycles. The van der Waals surface area contributed by atoms with Crippen molar-refractivity contribution in [1.82, 2.24) is 10.1 Å². The number of ether oxygens (including phenoxy) is 1. The van der Waals surface area contributed by atoms with Crippen LogP contribution < -0.4 is 9.64 Å². The molecule has 0 saturated heterocycles.